The molecule has 0 aromatic carbocycles. The molecular formula is C9H18N2. The Bertz CT molecular complexity index is 136. The molecule has 2 atom stereocenters. The largest absolute Gasteiger partial charge is 0.314 e. The third kappa shape index (κ3) is 1.57. The lowest BCUT2D eigenvalue weighted by Gasteiger charge is -2.40. The van der Waals surface area contributed by atoms with Crippen molar-refractivity contribution in [1.29, 1.82) is 0 Å². The van der Waals surface area contributed by atoms with E-state index in [1.807, 2.05) is 0 Å². The minimum absolute atomic E-state index is 0.847. The molecule has 2 aliphatic heterocycles. The summed E-state index contributed by atoms with van der Waals surface area (Å²) in [4.78, 5) is 2.47. The summed E-state index contributed by atoms with van der Waals surface area (Å²) in [6.07, 6.45) is 4.19. The molecule has 0 aromatic rings. The molecule has 0 unspecified atom stereocenters. The number of hydrogen-bond acceptors (Lipinski definition) is 2. The number of likely N-dealkylation sites (tertiary alicyclic amines) is 1. The smallest absolute Gasteiger partial charge is 0.0120 e. The number of nitrogens with one attached hydrogen (secondary N) is 1. The first-order chi connectivity index (χ1) is 5.36. The molecule has 0 saturated carbocycles. The lowest BCUT2D eigenvalue weighted by Crippen LogP contribution is -2.50. The molecule has 2 nitrogen and oxygen atoms in total. The first-order valence-corrected chi connectivity index (χ1v) is 4.78. The van der Waals surface area contributed by atoms with Gasteiger partial charge in [-0.2, -0.15) is 0 Å². The number of rotatable bonds is 0. The SMILES string of the molecule is CN1CC[C@@H]2NCCC[C@H]2C1. The van der Waals surface area contributed by atoms with Gasteiger partial charge in [-0.15, -0.1) is 0 Å². The normalized spacial score (nSPS) is 40.1. The van der Waals surface area contributed by atoms with Crippen molar-refractivity contribution in [2.45, 2.75) is 25.3 Å². The summed E-state index contributed by atoms with van der Waals surface area (Å²) >= 11 is 0. The minimum atomic E-state index is 0.847. The maximum Gasteiger partial charge on any atom is 0.0120 e. The standard InChI is InChI=1S/C9H18N2/c1-11-6-4-9-8(7-11)3-2-5-10-9/h8-10H,2-7H2,1H3/t8-,9-/m0/s1. The Balaban J connectivity index is 1.93. The molecule has 0 spiro atoms. The van der Waals surface area contributed by atoms with Gasteiger partial charge in [0.25, 0.3) is 0 Å². The van der Waals surface area contributed by atoms with Gasteiger partial charge in [0.1, 0.15) is 0 Å². The summed E-state index contributed by atoms with van der Waals surface area (Å²) in [5.41, 5.74) is 0. The summed E-state index contributed by atoms with van der Waals surface area (Å²) < 4.78 is 0. The van der Waals surface area contributed by atoms with Gasteiger partial charge in [-0.25, -0.2) is 0 Å². The van der Waals surface area contributed by atoms with E-state index in [2.05, 4.69) is 17.3 Å². The second-order valence-corrected chi connectivity index (χ2v) is 4.01. The van der Waals surface area contributed by atoms with E-state index < -0.39 is 0 Å². The molecule has 2 rings (SSSR count). The summed E-state index contributed by atoms with van der Waals surface area (Å²) in [6, 6.07) is 0.847. The maximum absolute atomic E-state index is 3.61. The fraction of sp³-hybridized carbons (Fsp3) is 1.00. The van der Waals surface area contributed by atoms with Crippen LogP contribution in [0.5, 0.6) is 0 Å². The van der Waals surface area contributed by atoms with Gasteiger partial charge in [0.15, 0.2) is 0 Å². The van der Waals surface area contributed by atoms with Crippen molar-refractivity contribution in [3.8, 4) is 0 Å². The van der Waals surface area contributed by atoms with Crippen LogP contribution in [0, 0.1) is 5.92 Å². The fourth-order valence-corrected chi connectivity index (χ4v) is 2.43. The van der Waals surface area contributed by atoms with E-state index in [0.29, 0.717) is 0 Å². The van der Waals surface area contributed by atoms with Crippen LogP contribution in [0.4, 0.5) is 0 Å². The first kappa shape index (κ1) is 7.56. The summed E-state index contributed by atoms with van der Waals surface area (Å²) in [6.45, 7) is 3.86. The van der Waals surface area contributed by atoms with Crippen molar-refractivity contribution in [2.75, 3.05) is 26.7 Å². The number of nitrogens with zero attached hydrogens (tertiary/aromatic N) is 1. The lowest BCUT2D eigenvalue weighted by molar-refractivity contribution is 0.135. The van der Waals surface area contributed by atoms with Crippen LogP contribution in [0.3, 0.4) is 0 Å². The van der Waals surface area contributed by atoms with E-state index in [1.54, 1.807) is 0 Å². The Kier molecular flexibility index (Phi) is 2.14. The van der Waals surface area contributed by atoms with Gasteiger partial charge in [0, 0.05) is 12.6 Å². The Morgan fingerprint density at radius 3 is 3.18 bits per heavy atom. The van der Waals surface area contributed by atoms with Crippen LogP contribution in [0.2, 0.25) is 0 Å². The van der Waals surface area contributed by atoms with Crippen molar-refractivity contribution in [2.24, 2.45) is 5.92 Å². The van der Waals surface area contributed by atoms with Gasteiger partial charge in [0.05, 0.1) is 0 Å². The van der Waals surface area contributed by atoms with Crippen molar-refractivity contribution in [1.82, 2.24) is 10.2 Å². The van der Waals surface area contributed by atoms with Crippen LogP contribution < -0.4 is 5.32 Å². The van der Waals surface area contributed by atoms with Crippen molar-refractivity contribution >= 4 is 0 Å². The zero-order valence-corrected chi connectivity index (χ0v) is 7.34. The topological polar surface area (TPSA) is 15.3 Å². The third-order valence-corrected chi connectivity index (χ3v) is 3.10. The summed E-state index contributed by atoms with van der Waals surface area (Å²) in [5.74, 6) is 0.947. The van der Waals surface area contributed by atoms with Crippen LogP contribution in [0.25, 0.3) is 0 Å². The average Bonchev–Trinajstić information content (AvgIpc) is 2.04. The van der Waals surface area contributed by atoms with E-state index >= 15 is 0 Å². The maximum atomic E-state index is 3.61. The van der Waals surface area contributed by atoms with Gasteiger partial charge < -0.3 is 10.2 Å². The zero-order chi connectivity index (χ0) is 7.68. The van der Waals surface area contributed by atoms with Gasteiger partial charge >= 0.3 is 0 Å². The monoisotopic (exact) mass is 154 g/mol. The van der Waals surface area contributed by atoms with E-state index in [0.717, 1.165) is 12.0 Å². The molecule has 64 valence electrons. The quantitative estimate of drug-likeness (QED) is 0.552. The highest BCUT2D eigenvalue weighted by Gasteiger charge is 2.28. The molecule has 0 radical (unpaired) electrons. The van der Waals surface area contributed by atoms with Crippen molar-refractivity contribution in [3.63, 3.8) is 0 Å². The Labute approximate surface area is 69.0 Å². The van der Waals surface area contributed by atoms with E-state index in [4.69, 9.17) is 0 Å². The molecule has 2 heteroatoms. The predicted octanol–water partition coefficient (Wildman–Crippen LogP) is 0.690. The van der Waals surface area contributed by atoms with Crippen molar-refractivity contribution in [3.05, 3.63) is 0 Å². The number of hydrogen-bond donors (Lipinski definition) is 1. The minimum Gasteiger partial charge on any atom is -0.314 e. The second-order valence-electron chi connectivity index (χ2n) is 4.01. The van der Waals surface area contributed by atoms with Crippen LogP contribution in [-0.4, -0.2) is 37.6 Å². The molecule has 0 aromatic heterocycles. The van der Waals surface area contributed by atoms with Gasteiger partial charge in [0.2, 0.25) is 0 Å². The van der Waals surface area contributed by atoms with Crippen molar-refractivity contribution < 1.29 is 0 Å². The molecule has 1 N–H and O–H groups in total. The number of fused-ring (bicyclic) bond motifs is 1. The zero-order valence-electron chi connectivity index (χ0n) is 7.34. The Morgan fingerprint density at radius 2 is 2.27 bits per heavy atom. The Morgan fingerprint density at radius 1 is 1.36 bits per heavy atom. The molecule has 0 bridgehead atoms. The lowest BCUT2D eigenvalue weighted by atomic mass is 9.86. The van der Waals surface area contributed by atoms with Crippen LogP contribution in [-0.2, 0) is 0 Å². The van der Waals surface area contributed by atoms with E-state index in [1.165, 1.54) is 38.9 Å². The second kappa shape index (κ2) is 3.11. The van der Waals surface area contributed by atoms with E-state index in [-0.39, 0.29) is 0 Å². The molecular weight excluding hydrogens is 136 g/mol. The predicted molar refractivity (Wildman–Crippen MR) is 46.6 cm³/mol. The van der Waals surface area contributed by atoms with Crippen LogP contribution in [0.15, 0.2) is 0 Å². The summed E-state index contributed by atoms with van der Waals surface area (Å²) in [5, 5.41) is 3.61. The molecule has 2 heterocycles. The highest BCUT2D eigenvalue weighted by atomic mass is 15.1. The third-order valence-electron chi connectivity index (χ3n) is 3.10. The Hall–Kier alpha value is -0.0800. The van der Waals surface area contributed by atoms with Crippen LogP contribution >= 0.6 is 0 Å². The van der Waals surface area contributed by atoms with E-state index in [9.17, 15) is 0 Å². The molecule has 0 amide bonds. The average molecular weight is 154 g/mol. The number of piperidine rings is 2. The molecule has 2 fully saturated rings. The first-order valence-electron chi connectivity index (χ1n) is 4.78. The van der Waals surface area contributed by atoms with Gasteiger partial charge in [-0.1, -0.05) is 0 Å². The molecule has 0 aliphatic carbocycles. The van der Waals surface area contributed by atoms with Crippen LogP contribution in [0.1, 0.15) is 19.3 Å². The highest BCUT2D eigenvalue weighted by Crippen LogP contribution is 2.23. The summed E-state index contributed by atoms with van der Waals surface area (Å²) in [7, 11) is 2.24. The molecule has 11 heavy (non-hydrogen) atoms. The van der Waals surface area contributed by atoms with Gasteiger partial charge in [-0.3, -0.25) is 0 Å². The highest BCUT2D eigenvalue weighted by molar-refractivity contribution is 4.86. The fourth-order valence-electron chi connectivity index (χ4n) is 2.43. The molecule has 2 aliphatic rings. The van der Waals surface area contributed by atoms with Gasteiger partial charge in [-0.05, 0) is 45.3 Å². The molecule has 2 saturated heterocycles.